The molecule has 2 aliphatic rings. The van der Waals surface area contributed by atoms with Crippen molar-refractivity contribution in [3.8, 4) is 0 Å². The Labute approximate surface area is 152 Å². The highest BCUT2D eigenvalue weighted by Crippen LogP contribution is 2.23. The standard InChI is InChI=1S/C18H24N4O4/c1-12(13-4-2-6-16(10-13)22(25)26)19-18(24)21-9-3-5-14(11-21)17(23)20-15-7-8-15/h2,4,6,10,12,14-15H,3,5,7-9,11H2,1H3,(H,19,24)(H,20,23). The third-order valence-corrected chi connectivity index (χ3v) is 4.92. The number of non-ortho nitro benzene ring substituents is 1. The van der Waals surface area contributed by atoms with E-state index < -0.39 is 4.92 Å². The van der Waals surface area contributed by atoms with Gasteiger partial charge in [-0.1, -0.05) is 12.1 Å². The minimum atomic E-state index is -0.453. The van der Waals surface area contributed by atoms with Gasteiger partial charge < -0.3 is 15.5 Å². The monoisotopic (exact) mass is 360 g/mol. The molecule has 2 N–H and O–H groups in total. The Hall–Kier alpha value is -2.64. The van der Waals surface area contributed by atoms with E-state index in [2.05, 4.69) is 10.6 Å². The number of nitro groups is 1. The SMILES string of the molecule is CC(NC(=O)N1CCCC(C(=O)NC2CC2)C1)c1cccc([N+](=O)[O-])c1. The topological polar surface area (TPSA) is 105 Å². The van der Waals surface area contributed by atoms with Crippen LogP contribution >= 0.6 is 0 Å². The summed E-state index contributed by atoms with van der Waals surface area (Å²) in [7, 11) is 0. The molecule has 3 rings (SSSR count). The van der Waals surface area contributed by atoms with E-state index in [4.69, 9.17) is 0 Å². The number of hydrogen-bond donors (Lipinski definition) is 2. The maximum Gasteiger partial charge on any atom is 0.317 e. The maximum atomic E-state index is 12.6. The number of likely N-dealkylation sites (tertiary alicyclic amines) is 1. The number of amides is 3. The number of benzene rings is 1. The third-order valence-electron chi connectivity index (χ3n) is 4.92. The van der Waals surface area contributed by atoms with Gasteiger partial charge in [-0.2, -0.15) is 0 Å². The lowest BCUT2D eigenvalue weighted by Crippen LogP contribution is -2.49. The average Bonchev–Trinajstić information content (AvgIpc) is 3.45. The number of urea groups is 1. The fourth-order valence-electron chi connectivity index (χ4n) is 3.19. The summed E-state index contributed by atoms with van der Waals surface area (Å²) in [5, 5.41) is 16.8. The van der Waals surface area contributed by atoms with Crippen molar-refractivity contribution in [2.75, 3.05) is 13.1 Å². The van der Waals surface area contributed by atoms with Crippen LogP contribution in [0.2, 0.25) is 0 Å². The molecule has 26 heavy (non-hydrogen) atoms. The normalized spacial score (nSPS) is 21.0. The minimum absolute atomic E-state index is 0.00150. The lowest BCUT2D eigenvalue weighted by molar-refractivity contribution is -0.384. The van der Waals surface area contributed by atoms with Crippen molar-refractivity contribution < 1.29 is 14.5 Å². The van der Waals surface area contributed by atoms with Gasteiger partial charge in [0.15, 0.2) is 0 Å². The van der Waals surface area contributed by atoms with Crippen LogP contribution in [0.3, 0.4) is 0 Å². The zero-order valence-electron chi connectivity index (χ0n) is 14.8. The summed E-state index contributed by atoms with van der Waals surface area (Å²) in [6.07, 6.45) is 3.68. The number of hydrogen-bond acceptors (Lipinski definition) is 4. The Morgan fingerprint density at radius 1 is 1.31 bits per heavy atom. The zero-order valence-corrected chi connectivity index (χ0v) is 14.8. The molecule has 1 aromatic carbocycles. The molecule has 8 nitrogen and oxygen atoms in total. The number of carbonyl (C=O) groups excluding carboxylic acids is 2. The van der Waals surface area contributed by atoms with Crippen molar-refractivity contribution >= 4 is 17.6 Å². The van der Waals surface area contributed by atoms with Gasteiger partial charge in [0.25, 0.3) is 5.69 Å². The largest absolute Gasteiger partial charge is 0.353 e. The van der Waals surface area contributed by atoms with Gasteiger partial charge in [-0.05, 0) is 38.2 Å². The molecule has 1 heterocycles. The first kappa shape index (κ1) is 18.2. The van der Waals surface area contributed by atoms with E-state index in [-0.39, 0.29) is 29.6 Å². The van der Waals surface area contributed by atoms with Gasteiger partial charge in [0.2, 0.25) is 5.91 Å². The van der Waals surface area contributed by atoms with Crippen LogP contribution in [-0.2, 0) is 4.79 Å². The fourth-order valence-corrected chi connectivity index (χ4v) is 3.19. The number of piperidine rings is 1. The van der Waals surface area contributed by atoms with Gasteiger partial charge in [-0.3, -0.25) is 14.9 Å². The lowest BCUT2D eigenvalue weighted by atomic mass is 9.97. The summed E-state index contributed by atoms with van der Waals surface area (Å²) in [6.45, 7) is 2.81. The average molecular weight is 360 g/mol. The van der Waals surface area contributed by atoms with E-state index in [1.165, 1.54) is 12.1 Å². The predicted molar refractivity (Wildman–Crippen MR) is 95.5 cm³/mol. The summed E-state index contributed by atoms with van der Waals surface area (Å²) >= 11 is 0. The third kappa shape index (κ3) is 4.50. The minimum Gasteiger partial charge on any atom is -0.353 e. The highest BCUT2D eigenvalue weighted by molar-refractivity contribution is 5.81. The molecule has 140 valence electrons. The molecule has 1 saturated heterocycles. The van der Waals surface area contributed by atoms with E-state index >= 15 is 0 Å². The second-order valence-electron chi connectivity index (χ2n) is 7.09. The molecule has 3 amide bonds. The molecule has 0 radical (unpaired) electrons. The van der Waals surface area contributed by atoms with Gasteiger partial charge in [-0.15, -0.1) is 0 Å². The van der Waals surface area contributed by atoms with E-state index in [0.717, 1.165) is 25.7 Å². The number of nitro benzene ring substituents is 1. The molecule has 1 aliphatic heterocycles. The Bertz CT molecular complexity index is 704. The highest BCUT2D eigenvalue weighted by Gasteiger charge is 2.32. The first-order chi connectivity index (χ1) is 12.4. The van der Waals surface area contributed by atoms with Crippen molar-refractivity contribution in [1.29, 1.82) is 0 Å². The number of rotatable bonds is 5. The van der Waals surface area contributed by atoms with Gasteiger partial charge in [0.1, 0.15) is 0 Å². The fraction of sp³-hybridized carbons (Fsp3) is 0.556. The first-order valence-electron chi connectivity index (χ1n) is 9.04. The number of nitrogens with one attached hydrogen (secondary N) is 2. The van der Waals surface area contributed by atoms with Crippen molar-refractivity contribution in [3.63, 3.8) is 0 Å². The zero-order chi connectivity index (χ0) is 18.7. The molecular weight excluding hydrogens is 336 g/mol. The Morgan fingerprint density at radius 2 is 2.08 bits per heavy atom. The van der Waals surface area contributed by atoms with Crippen molar-refractivity contribution in [3.05, 3.63) is 39.9 Å². The predicted octanol–water partition coefficient (Wildman–Crippen LogP) is 2.36. The molecular formula is C18H24N4O4. The van der Waals surface area contributed by atoms with Crippen LogP contribution < -0.4 is 10.6 Å². The van der Waals surface area contributed by atoms with Crippen molar-refractivity contribution in [1.82, 2.24) is 15.5 Å². The second kappa shape index (κ2) is 7.72. The smallest absolute Gasteiger partial charge is 0.317 e. The van der Waals surface area contributed by atoms with E-state index in [1.54, 1.807) is 24.0 Å². The van der Waals surface area contributed by atoms with Gasteiger partial charge in [0, 0.05) is 31.3 Å². The van der Waals surface area contributed by atoms with Crippen LogP contribution in [0.25, 0.3) is 0 Å². The van der Waals surface area contributed by atoms with Crippen LogP contribution in [-0.4, -0.2) is 40.9 Å². The maximum absolute atomic E-state index is 12.6. The first-order valence-corrected chi connectivity index (χ1v) is 9.04. The Kier molecular flexibility index (Phi) is 5.39. The molecule has 2 unspecified atom stereocenters. The molecule has 0 spiro atoms. The van der Waals surface area contributed by atoms with Crippen LogP contribution in [0.15, 0.2) is 24.3 Å². The molecule has 1 aliphatic carbocycles. The molecule has 0 bridgehead atoms. The van der Waals surface area contributed by atoms with Crippen LogP contribution in [0.5, 0.6) is 0 Å². The van der Waals surface area contributed by atoms with E-state index in [1.807, 2.05) is 0 Å². The van der Waals surface area contributed by atoms with E-state index in [0.29, 0.717) is 24.7 Å². The molecule has 8 heteroatoms. The summed E-state index contributed by atoms with van der Waals surface area (Å²) in [5.74, 6) is -0.125. The van der Waals surface area contributed by atoms with Gasteiger partial charge in [-0.25, -0.2) is 4.79 Å². The summed E-state index contributed by atoms with van der Waals surface area (Å²) < 4.78 is 0. The summed E-state index contributed by atoms with van der Waals surface area (Å²) in [4.78, 5) is 36.9. The van der Waals surface area contributed by atoms with Gasteiger partial charge >= 0.3 is 6.03 Å². The van der Waals surface area contributed by atoms with E-state index in [9.17, 15) is 19.7 Å². The summed E-state index contributed by atoms with van der Waals surface area (Å²) in [6, 6.07) is 5.96. The second-order valence-corrected chi connectivity index (χ2v) is 7.09. The number of nitrogens with zero attached hydrogens (tertiary/aromatic N) is 2. The van der Waals surface area contributed by atoms with Crippen molar-refractivity contribution in [2.45, 2.75) is 44.7 Å². The highest BCUT2D eigenvalue weighted by atomic mass is 16.6. The van der Waals surface area contributed by atoms with Crippen LogP contribution in [0, 0.1) is 16.0 Å². The van der Waals surface area contributed by atoms with Gasteiger partial charge in [0.05, 0.1) is 16.9 Å². The van der Waals surface area contributed by atoms with Crippen molar-refractivity contribution in [2.24, 2.45) is 5.92 Å². The molecule has 1 saturated carbocycles. The molecule has 2 fully saturated rings. The molecule has 2 atom stereocenters. The Balaban J connectivity index is 1.57. The molecule has 0 aromatic heterocycles. The summed E-state index contributed by atoms with van der Waals surface area (Å²) in [5.41, 5.74) is 0.672. The molecule has 1 aromatic rings. The Morgan fingerprint density at radius 3 is 2.77 bits per heavy atom. The van der Waals surface area contributed by atoms with Crippen LogP contribution in [0.4, 0.5) is 10.5 Å². The lowest BCUT2D eigenvalue weighted by Gasteiger charge is -2.33. The number of carbonyl (C=O) groups is 2. The van der Waals surface area contributed by atoms with Crippen LogP contribution in [0.1, 0.15) is 44.2 Å². The quantitative estimate of drug-likeness (QED) is 0.621.